The molecule has 1 saturated heterocycles. The highest BCUT2D eigenvalue weighted by Crippen LogP contribution is 2.35. The van der Waals surface area contributed by atoms with Crippen LogP contribution in [0.25, 0.3) is 21.8 Å². The first-order valence-electron chi connectivity index (χ1n) is 10.5. The van der Waals surface area contributed by atoms with E-state index in [-0.39, 0.29) is 0 Å². The maximum Gasteiger partial charge on any atom is 0.128 e. The molecule has 0 saturated carbocycles. The predicted molar refractivity (Wildman–Crippen MR) is 122 cm³/mol. The van der Waals surface area contributed by atoms with Gasteiger partial charge in [0, 0.05) is 35.2 Å². The summed E-state index contributed by atoms with van der Waals surface area (Å²) in [5.74, 6) is 1.33. The van der Waals surface area contributed by atoms with Gasteiger partial charge < -0.3 is 24.7 Å². The average molecular weight is 424 g/mol. The van der Waals surface area contributed by atoms with Gasteiger partial charge in [0.15, 0.2) is 0 Å². The van der Waals surface area contributed by atoms with Gasteiger partial charge in [-0.3, -0.25) is 0 Å². The Morgan fingerprint density at radius 1 is 1.07 bits per heavy atom. The Hall–Kier alpha value is -2.47. The van der Waals surface area contributed by atoms with Crippen LogP contribution in [-0.4, -0.2) is 52.3 Å². The molecule has 6 heteroatoms. The van der Waals surface area contributed by atoms with E-state index in [0.29, 0.717) is 19.1 Å². The SMILES string of the molecule is O[C@H](COc1cccc2[nH]ccc12)CN1CCC(c2c[nH]c3c(Cl)cccc23)CC1. The average Bonchev–Trinajstić information content (AvgIpc) is 3.41. The van der Waals surface area contributed by atoms with E-state index in [9.17, 15) is 5.11 Å². The Kier molecular flexibility index (Phi) is 5.42. The molecule has 2 aromatic heterocycles. The van der Waals surface area contributed by atoms with Gasteiger partial charge in [-0.2, -0.15) is 0 Å². The number of H-pyrrole nitrogens is 2. The van der Waals surface area contributed by atoms with Crippen LogP contribution in [0.1, 0.15) is 24.3 Å². The normalized spacial score (nSPS) is 17.0. The summed E-state index contributed by atoms with van der Waals surface area (Å²) in [4.78, 5) is 8.86. The zero-order chi connectivity index (χ0) is 20.5. The van der Waals surface area contributed by atoms with Crippen molar-refractivity contribution < 1.29 is 9.84 Å². The third kappa shape index (κ3) is 3.81. The summed E-state index contributed by atoms with van der Waals surface area (Å²) in [5, 5.41) is 13.6. The maximum atomic E-state index is 10.5. The summed E-state index contributed by atoms with van der Waals surface area (Å²) in [7, 11) is 0. The van der Waals surface area contributed by atoms with Crippen molar-refractivity contribution in [3.05, 3.63) is 65.4 Å². The summed E-state index contributed by atoms with van der Waals surface area (Å²) in [6.45, 7) is 2.88. The first kappa shape index (κ1) is 19.5. The van der Waals surface area contributed by atoms with Gasteiger partial charge in [-0.15, -0.1) is 0 Å². The lowest BCUT2D eigenvalue weighted by molar-refractivity contribution is 0.0599. The number of fused-ring (bicyclic) bond motifs is 2. The molecule has 0 aliphatic carbocycles. The van der Waals surface area contributed by atoms with Crippen LogP contribution in [0.3, 0.4) is 0 Å². The van der Waals surface area contributed by atoms with Crippen molar-refractivity contribution in [1.29, 1.82) is 0 Å². The fourth-order valence-corrected chi connectivity index (χ4v) is 4.85. The van der Waals surface area contributed by atoms with Crippen molar-refractivity contribution in [2.24, 2.45) is 0 Å². The van der Waals surface area contributed by atoms with Gasteiger partial charge in [0.05, 0.1) is 10.5 Å². The first-order valence-corrected chi connectivity index (χ1v) is 10.9. The van der Waals surface area contributed by atoms with Crippen LogP contribution in [0.4, 0.5) is 0 Å². The van der Waals surface area contributed by atoms with Crippen molar-refractivity contribution in [2.45, 2.75) is 24.9 Å². The molecule has 3 N–H and O–H groups in total. The molecule has 4 aromatic rings. The minimum Gasteiger partial charge on any atom is -0.490 e. The molecule has 2 aromatic carbocycles. The predicted octanol–water partition coefficient (Wildman–Crippen LogP) is 4.92. The second kappa shape index (κ2) is 8.34. The Balaban J connectivity index is 1.15. The highest BCUT2D eigenvalue weighted by atomic mass is 35.5. The molecule has 0 spiro atoms. The summed E-state index contributed by atoms with van der Waals surface area (Å²) in [6, 6.07) is 14.0. The maximum absolute atomic E-state index is 10.5. The van der Waals surface area contributed by atoms with E-state index < -0.39 is 6.10 Å². The highest BCUT2D eigenvalue weighted by molar-refractivity contribution is 6.35. The summed E-state index contributed by atoms with van der Waals surface area (Å²) >= 11 is 6.31. The summed E-state index contributed by atoms with van der Waals surface area (Å²) in [5.41, 5.74) is 3.43. The van der Waals surface area contributed by atoms with Crippen LogP contribution in [0.2, 0.25) is 5.02 Å². The second-order valence-corrected chi connectivity index (χ2v) is 8.55. The lowest BCUT2D eigenvalue weighted by atomic mass is 9.89. The van der Waals surface area contributed by atoms with Crippen molar-refractivity contribution in [1.82, 2.24) is 14.9 Å². The standard InChI is InChI=1S/C24H26ClN3O2/c25-21-4-1-3-18-20(13-27-24(18)21)16-8-11-28(12-9-16)14-17(29)15-30-23-6-2-5-22-19(23)7-10-26-22/h1-7,10,13,16-17,26-27,29H,8-9,11-12,14-15H2/t17-/m0/s1. The number of rotatable bonds is 6. The highest BCUT2D eigenvalue weighted by Gasteiger charge is 2.24. The minimum atomic E-state index is -0.511. The number of β-amino-alcohol motifs (C(OH)–C–C–N with tert-alkyl or cyclic N) is 1. The molecule has 156 valence electrons. The number of ether oxygens (including phenoxy) is 1. The number of aromatic nitrogens is 2. The van der Waals surface area contributed by atoms with E-state index in [2.05, 4.69) is 27.1 Å². The number of halogens is 1. The molecule has 30 heavy (non-hydrogen) atoms. The van der Waals surface area contributed by atoms with Gasteiger partial charge in [-0.1, -0.05) is 29.8 Å². The van der Waals surface area contributed by atoms with Crippen molar-refractivity contribution in [2.75, 3.05) is 26.2 Å². The van der Waals surface area contributed by atoms with E-state index in [4.69, 9.17) is 16.3 Å². The van der Waals surface area contributed by atoms with Crippen LogP contribution >= 0.6 is 11.6 Å². The van der Waals surface area contributed by atoms with E-state index in [1.54, 1.807) is 0 Å². The van der Waals surface area contributed by atoms with Crippen LogP contribution in [0, 0.1) is 0 Å². The minimum absolute atomic E-state index is 0.297. The molecular weight excluding hydrogens is 398 g/mol. The topological polar surface area (TPSA) is 64.3 Å². The lowest BCUT2D eigenvalue weighted by Gasteiger charge is -2.33. The second-order valence-electron chi connectivity index (χ2n) is 8.14. The third-order valence-electron chi connectivity index (χ3n) is 6.18. The molecule has 0 radical (unpaired) electrons. The Labute approximate surface area is 180 Å². The number of nitrogens with zero attached hydrogens (tertiary/aromatic N) is 1. The molecule has 1 aliphatic rings. The largest absolute Gasteiger partial charge is 0.490 e. The summed E-state index contributed by atoms with van der Waals surface area (Å²) < 4.78 is 5.91. The molecule has 0 unspecified atom stereocenters. The van der Waals surface area contributed by atoms with Gasteiger partial charge in [0.25, 0.3) is 0 Å². The van der Waals surface area contributed by atoms with E-state index in [1.165, 1.54) is 10.9 Å². The lowest BCUT2D eigenvalue weighted by Crippen LogP contribution is -2.40. The molecular formula is C24H26ClN3O2. The van der Waals surface area contributed by atoms with Gasteiger partial charge in [0.1, 0.15) is 18.5 Å². The number of nitrogens with one attached hydrogen (secondary N) is 2. The summed E-state index contributed by atoms with van der Waals surface area (Å²) in [6.07, 6.45) is 5.66. The van der Waals surface area contributed by atoms with Crippen molar-refractivity contribution in [3.63, 3.8) is 0 Å². The van der Waals surface area contributed by atoms with Gasteiger partial charge in [0.2, 0.25) is 0 Å². The molecule has 0 amide bonds. The number of aliphatic hydroxyl groups is 1. The van der Waals surface area contributed by atoms with Gasteiger partial charge in [-0.25, -0.2) is 0 Å². The quantitative estimate of drug-likeness (QED) is 0.412. The number of para-hydroxylation sites is 1. The number of aromatic amines is 2. The Morgan fingerprint density at radius 3 is 2.77 bits per heavy atom. The van der Waals surface area contributed by atoms with Crippen LogP contribution in [-0.2, 0) is 0 Å². The van der Waals surface area contributed by atoms with Crippen LogP contribution in [0.5, 0.6) is 5.75 Å². The molecule has 3 heterocycles. The smallest absolute Gasteiger partial charge is 0.128 e. The monoisotopic (exact) mass is 423 g/mol. The molecule has 1 atom stereocenters. The first-order chi connectivity index (χ1) is 14.7. The van der Waals surface area contributed by atoms with Gasteiger partial charge >= 0.3 is 0 Å². The number of aliphatic hydroxyl groups excluding tert-OH is 1. The molecule has 0 bridgehead atoms. The van der Waals surface area contributed by atoms with E-state index in [1.807, 2.05) is 42.6 Å². The number of piperidine rings is 1. The molecule has 1 aliphatic heterocycles. The number of likely N-dealkylation sites (tertiary alicyclic amines) is 1. The van der Waals surface area contributed by atoms with E-state index in [0.717, 1.165) is 53.1 Å². The van der Waals surface area contributed by atoms with Crippen LogP contribution in [0.15, 0.2) is 54.9 Å². The third-order valence-corrected chi connectivity index (χ3v) is 6.49. The van der Waals surface area contributed by atoms with Crippen molar-refractivity contribution >= 4 is 33.4 Å². The Morgan fingerprint density at radius 2 is 1.90 bits per heavy atom. The number of benzene rings is 2. The van der Waals surface area contributed by atoms with Crippen molar-refractivity contribution in [3.8, 4) is 5.75 Å². The Bertz CT molecular complexity index is 1140. The molecule has 5 nitrogen and oxygen atoms in total. The number of hydrogen-bond donors (Lipinski definition) is 3. The number of hydrogen-bond acceptors (Lipinski definition) is 3. The van der Waals surface area contributed by atoms with E-state index >= 15 is 0 Å². The van der Waals surface area contributed by atoms with Gasteiger partial charge in [-0.05, 0) is 61.7 Å². The molecule has 5 rings (SSSR count). The fourth-order valence-electron chi connectivity index (χ4n) is 4.62. The molecule has 1 fully saturated rings. The zero-order valence-electron chi connectivity index (χ0n) is 16.8. The fraction of sp³-hybridized carbons (Fsp3) is 0.333. The zero-order valence-corrected chi connectivity index (χ0v) is 17.5. The van der Waals surface area contributed by atoms with Crippen LogP contribution < -0.4 is 4.74 Å².